The normalized spacial score (nSPS) is 10.2. The number of nitro benzene ring substituents is 1. The Labute approximate surface area is 116 Å². The molecule has 1 aromatic carbocycles. The molecule has 0 bridgehead atoms. The zero-order chi connectivity index (χ0) is 14.7. The number of hydrogen-bond acceptors (Lipinski definition) is 5. The molecule has 0 saturated heterocycles. The number of benzene rings is 1. The summed E-state index contributed by atoms with van der Waals surface area (Å²) in [7, 11) is 0. The maximum atomic E-state index is 13.0. The van der Waals surface area contributed by atoms with Gasteiger partial charge in [-0.1, -0.05) is 11.8 Å². The number of aromatic carboxylic acids is 1. The highest BCUT2D eigenvalue weighted by molar-refractivity contribution is 7.99. The fraction of sp³-hybridized carbons (Fsp3) is 0. The van der Waals surface area contributed by atoms with E-state index in [4.69, 9.17) is 5.11 Å². The van der Waals surface area contributed by atoms with Crippen LogP contribution in [0, 0.1) is 15.9 Å². The van der Waals surface area contributed by atoms with E-state index in [1.54, 1.807) is 0 Å². The lowest BCUT2D eigenvalue weighted by Gasteiger charge is -2.05. The Morgan fingerprint density at radius 1 is 1.40 bits per heavy atom. The van der Waals surface area contributed by atoms with Gasteiger partial charge < -0.3 is 5.11 Å². The van der Waals surface area contributed by atoms with Crippen molar-refractivity contribution in [3.8, 4) is 0 Å². The quantitative estimate of drug-likeness (QED) is 0.688. The molecule has 0 amide bonds. The molecule has 1 N–H and O–H groups in total. The van der Waals surface area contributed by atoms with Crippen molar-refractivity contribution in [2.24, 2.45) is 0 Å². The number of carboxylic acid groups (broad SMARTS) is 1. The number of nitrogens with zero attached hydrogens (tertiary/aromatic N) is 2. The van der Waals surface area contributed by atoms with Crippen molar-refractivity contribution in [2.75, 3.05) is 0 Å². The van der Waals surface area contributed by atoms with E-state index in [2.05, 4.69) is 4.98 Å². The summed E-state index contributed by atoms with van der Waals surface area (Å²) >= 11 is 0.806. The first-order valence-electron chi connectivity index (χ1n) is 5.29. The molecule has 1 heterocycles. The van der Waals surface area contributed by atoms with Gasteiger partial charge in [-0.25, -0.2) is 14.2 Å². The molecule has 0 radical (unpaired) electrons. The van der Waals surface area contributed by atoms with Crippen LogP contribution in [0.5, 0.6) is 0 Å². The molecule has 0 spiro atoms. The van der Waals surface area contributed by atoms with Gasteiger partial charge in [0.05, 0.1) is 21.4 Å². The molecule has 0 aliphatic heterocycles. The predicted octanol–water partition coefficient (Wildman–Crippen LogP) is 2.98. The summed E-state index contributed by atoms with van der Waals surface area (Å²) in [6.07, 6.45) is 1.38. The number of pyridine rings is 1. The zero-order valence-corrected chi connectivity index (χ0v) is 10.6. The van der Waals surface area contributed by atoms with Crippen LogP contribution in [0.4, 0.5) is 10.1 Å². The Balaban J connectivity index is 2.45. The van der Waals surface area contributed by atoms with Crippen molar-refractivity contribution < 1.29 is 19.2 Å². The van der Waals surface area contributed by atoms with Gasteiger partial charge >= 0.3 is 5.97 Å². The van der Waals surface area contributed by atoms with Crippen LogP contribution in [0.1, 0.15) is 10.4 Å². The fourth-order valence-electron chi connectivity index (χ4n) is 1.46. The summed E-state index contributed by atoms with van der Waals surface area (Å²) in [6.45, 7) is 0. The molecule has 2 aromatic rings. The SMILES string of the molecule is O=C(O)c1cccnc1Sc1ccc(F)cc1[N+](=O)[O-]. The lowest BCUT2D eigenvalue weighted by molar-refractivity contribution is -0.387. The molecule has 6 nitrogen and oxygen atoms in total. The topological polar surface area (TPSA) is 93.3 Å². The summed E-state index contributed by atoms with van der Waals surface area (Å²) in [5.41, 5.74) is -0.506. The smallest absolute Gasteiger partial charge is 0.338 e. The standard InChI is InChI=1S/C12H7FN2O4S/c13-7-3-4-10(9(6-7)15(18)19)20-11-8(12(16)17)2-1-5-14-11/h1-6H,(H,16,17). The summed E-state index contributed by atoms with van der Waals surface area (Å²) in [5, 5.41) is 20.0. The van der Waals surface area contributed by atoms with Crippen LogP contribution in [0.2, 0.25) is 0 Å². The van der Waals surface area contributed by atoms with Gasteiger partial charge in [0.1, 0.15) is 10.8 Å². The molecular weight excluding hydrogens is 287 g/mol. The second-order valence-corrected chi connectivity index (χ2v) is 4.66. The lowest BCUT2D eigenvalue weighted by Crippen LogP contribution is -2.00. The third kappa shape index (κ3) is 2.91. The first kappa shape index (κ1) is 13.9. The molecule has 2 rings (SSSR count). The Kier molecular flexibility index (Phi) is 3.94. The molecule has 0 aliphatic rings. The van der Waals surface area contributed by atoms with Crippen molar-refractivity contribution in [2.45, 2.75) is 9.92 Å². The number of carbonyl (C=O) groups is 1. The van der Waals surface area contributed by atoms with Crippen LogP contribution in [-0.4, -0.2) is 21.0 Å². The van der Waals surface area contributed by atoms with E-state index in [0.29, 0.717) is 0 Å². The maximum absolute atomic E-state index is 13.0. The van der Waals surface area contributed by atoms with E-state index in [0.717, 1.165) is 23.9 Å². The number of carboxylic acids is 1. The Bertz CT molecular complexity index is 693. The van der Waals surface area contributed by atoms with Gasteiger partial charge in [0.15, 0.2) is 0 Å². The molecule has 102 valence electrons. The summed E-state index contributed by atoms with van der Waals surface area (Å²) in [6, 6.07) is 5.86. The van der Waals surface area contributed by atoms with Crippen LogP contribution >= 0.6 is 11.8 Å². The summed E-state index contributed by atoms with van der Waals surface area (Å²) in [4.78, 5) is 25.2. The van der Waals surface area contributed by atoms with Crippen LogP contribution in [0.3, 0.4) is 0 Å². The molecule has 0 atom stereocenters. The van der Waals surface area contributed by atoms with E-state index in [-0.39, 0.29) is 15.5 Å². The largest absolute Gasteiger partial charge is 0.478 e. The zero-order valence-electron chi connectivity index (χ0n) is 9.82. The third-order valence-electron chi connectivity index (χ3n) is 2.33. The second kappa shape index (κ2) is 5.66. The van der Waals surface area contributed by atoms with Crippen LogP contribution < -0.4 is 0 Å². The molecule has 0 unspecified atom stereocenters. The van der Waals surface area contributed by atoms with Gasteiger partial charge in [0, 0.05) is 6.20 Å². The summed E-state index contributed by atoms with van der Waals surface area (Å²) < 4.78 is 13.0. The number of halogens is 1. The average Bonchev–Trinajstić information content (AvgIpc) is 2.41. The van der Waals surface area contributed by atoms with Crippen LogP contribution in [-0.2, 0) is 0 Å². The minimum absolute atomic E-state index is 0.0730. The van der Waals surface area contributed by atoms with Gasteiger partial charge in [0.2, 0.25) is 0 Å². The number of rotatable bonds is 4. The number of nitro groups is 1. The minimum Gasteiger partial charge on any atom is -0.478 e. The van der Waals surface area contributed by atoms with Gasteiger partial charge in [-0.2, -0.15) is 0 Å². The van der Waals surface area contributed by atoms with Crippen molar-refractivity contribution >= 4 is 23.4 Å². The van der Waals surface area contributed by atoms with Crippen molar-refractivity contribution in [1.29, 1.82) is 0 Å². The monoisotopic (exact) mass is 294 g/mol. The lowest BCUT2D eigenvalue weighted by atomic mass is 10.3. The Morgan fingerprint density at radius 2 is 2.15 bits per heavy atom. The Morgan fingerprint density at radius 3 is 2.80 bits per heavy atom. The summed E-state index contributed by atoms with van der Waals surface area (Å²) in [5.74, 6) is -1.93. The van der Waals surface area contributed by atoms with E-state index in [1.165, 1.54) is 24.4 Å². The Hall–Kier alpha value is -2.48. The fourth-order valence-corrected chi connectivity index (χ4v) is 2.42. The average molecular weight is 294 g/mol. The molecule has 0 saturated carbocycles. The first-order valence-corrected chi connectivity index (χ1v) is 6.11. The number of aromatic nitrogens is 1. The molecule has 0 fully saturated rings. The second-order valence-electron chi connectivity index (χ2n) is 3.63. The van der Waals surface area contributed by atoms with Crippen LogP contribution in [0.25, 0.3) is 0 Å². The molecule has 8 heteroatoms. The highest BCUT2D eigenvalue weighted by Gasteiger charge is 2.19. The minimum atomic E-state index is -1.19. The van der Waals surface area contributed by atoms with E-state index >= 15 is 0 Å². The van der Waals surface area contributed by atoms with Gasteiger partial charge in [-0.05, 0) is 24.3 Å². The third-order valence-corrected chi connectivity index (χ3v) is 3.41. The highest BCUT2D eigenvalue weighted by atomic mass is 32.2. The van der Waals surface area contributed by atoms with E-state index in [9.17, 15) is 19.3 Å². The number of hydrogen-bond donors (Lipinski definition) is 1. The molecular formula is C12H7FN2O4S. The molecule has 0 aliphatic carbocycles. The first-order chi connectivity index (χ1) is 9.49. The predicted molar refractivity (Wildman–Crippen MR) is 68.4 cm³/mol. The molecule has 1 aromatic heterocycles. The van der Waals surface area contributed by atoms with Gasteiger partial charge in [0.25, 0.3) is 5.69 Å². The van der Waals surface area contributed by atoms with Crippen LogP contribution in [0.15, 0.2) is 46.5 Å². The molecule has 20 heavy (non-hydrogen) atoms. The maximum Gasteiger partial charge on any atom is 0.338 e. The van der Waals surface area contributed by atoms with Crippen molar-refractivity contribution in [1.82, 2.24) is 4.98 Å². The van der Waals surface area contributed by atoms with E-state index < -0.39 is 22.4 Å². The van der Waals surface area contributed by atoms with Gasteiger partial charge in [-0.15, -0.1) is 0 Å². The van der Waals surface area contributed by atoms with Crippen molar-refractivity contribution in [3.05, 3.63) is 58.0 Å². The van der Waals surface area contributed by atoms with Crippen molar-refractivity contribution in [3.63, 3.8) is 0 Å². The van der Waals surface area contributed by atoms with E-state index in [1.807, 2.05) is 0 Å². The highest BCUT2D eigenvalue weighted by Crippen LogP contribution is 2.35. The van der Waals surface area contributed by atoms with Gasteiger partial charge in [-0.3, -0.25) is 10.1 Å².